The van der Waals surface area contributed by atoms with Crippen LogP contribution in [0.5, 0.6) is 11.6 Å². The van der Waals surface area contributed by atoms with Gasteiger partial charge in [0, 0.05) is 12.0 Å². The van der Waals surface area contributed by atoms with Gasteiger partial charge in [-0.2, -0.15) is 4.98 Å². The summed E-state index contributed by atoms with van der Waals surface area (Å²) in [5.41, 5.74) is 1.31. The maximum atomic E-state index is 6.06. The van der Waals surface area contributed by atoms with Gasteiger partial charge in [0.25, 0.3) is 0 Å². The van der Waals surface area contributed by atoms with E-state index in [0.29, 0.717) is 17.0 Å². The summed E-state index contributed by atoms with van der Waals surface area (Å²) in [6, 6.07) is 9.75. The van der Waals surface area contributed by atoms with Crippen LogP contribution in [-0.4, -0.2) is 9.97 Å². The van der Waals surface area contributed by atoms with E-state index in [1.165, 1.54) is 5.56 Å². The third-order valence-electron chi connectivity index (χ3n) is 3.55. The Morgan fingerprint density at radius 1 is 1.14 bits per heavy atom. The van der Waals surface area contributed by atoms with Crippen molar-refractivity contribution in [3.8, 4) is 11.6 Å². The van der Waals surface area contributed by atoms with Crippen molar-refractivity contribution in [1.82, 2.24) is 9.97 Å². The Morgan fingerprint density at radius 3 is 2.57 bits per heavy atom. The average molecular weight is 303 g/mol. The second kappa shape index (κ2) is 5.30. The molecule has 0 spiro atoms. The normalized spacial score (nSPS) is 15.0. The third-order valence-corrected chi connectivity index (χ3v) is 3.75. The smallest absolute Gasteiger partial charge is 0.224 e. The van der Waals surface area contributed by atoms with Gasteiger partial charge in [-0.1, -0.05) is 44.5 Å². The zero-order valence-corrected chi connectivity index (χ0v) is 13.3. The molecule has 0 N–H and O–H groups in total. The SMILES string of the molecule is CC(C)(C)c1cccc(Oc2cc(Cl)nc(C3CC3)n2)c1. The number of rotatable bonds is 3. The lowest BCUT2D eigenvalue weighted by atomic mass is 9.87. The van der Waals surface area contributed by atoms with E-state index in [2.05, 4.69) is 36.8 Å². The molecule has 1 aliphatic rings. The molecule has 1 saturated carbocycles. The summed E-state index contributed by atoms with van der Waals surface area (Å²) in [7, 11) is 0. The summed E-state index contributed by atoms with van der Waals surface area (Å²) >= 11 is 6.06. The number of halogens is 1. The Bertz CT molecular complexity index is 660. The van der Waals surface area contributed by atoms with Crippen LogP contribution in [0.2, 0.25) is 5.15 Å². The molecular formula is C17H19ClN2O. The van der Waals surface area contributed by atoms with E-state index in [4.69, 9.17) is 16.3 Å². The number of aromatic nitrogens is 2. The van der Waals surface area contributed by atoms with E-state index in [-0.39, 0.29) is 5.41 Å². The molecule has 0 saturated heterocycles. The summed E-state index contributed by atoms with van der Waals surface area (Å²) in [5, 5.41) is 0.439. The minimum absolute atomic E-state index is 0.0852. The first-order valence-corrected chi connectivity index (χ1v) is 7.62. The van der Waals surface area contributed by atoms with Gasteiger partial charge in [0.2, 0.25) is 5.88 Å². The summed E-state index contributed by atoms with van der Waals surface area (Å²) in [4.78, 5) is 8.73. The van der Waals surface area contributed by atoms with Crippen LogP contribution in [-0.2, 0) is 5.41 Å². The highest BCUT2D eigenvalue weighted by Gasteiger charge is 2.27. The maximum Gasteiger partial charge on any atom is 0.224 e. The Labute approximate surface area is 130 Å². The van der Waals surface area contributed by atoms with E-state index < -0.39 is 0 Å². The van der Waals surface area contributed by atoms with Crippen molar-refractivity contribution in [2.24, 2.45) is 0 Å². The van der Waals surface area contributed by atoms with Crippen molar-refractivity contribution >= 4 is 11.6 Å². The van der Waals surface area contributed by atoms with E-state index in [1.54, 1.807) is 6.07 Å². The zero-order chi connectivity index (χ0) is 15.0. The monoisotopic (exact) mass is 302 g/mol. The van der Waals surface area contributed by atoms with Gasteiger partial charge in [0.1, 0.15) is 16.7 Å². The molecule has 1 aliphatic carbocycles. The minimum Gasteiger partial charge on any atom is -0.439 e. The zero-order valence-electron chi connectivity index (χ0n) is 12.6. The quantitative estimate of drug-likeness (QED) is 0.740. The molecular weight excluding hydrogens is 284 g/mol. The van der Waals surface area contributed by atoms with Crippen LogP contribution in [0.3, 0.4) is 0 Å². The summed E-state index contributed by atoms with van der Waals surface area (Å²) in [6.07, 6.45) is 2.28. The largest absolute Gasteiger partial charge is 0.439 e. The highest BCUT2D eigenvalue weighted by molar-refractivity contribution is 6.29. The lowest BCUT2D eigenvalue weighted by Gasteiger charge is -2.19. The molecule has 4 heteroatoms. The first-order valence-electron chi connectivity index (χ1n) is 7.25. The van der Waals surface area contributed by atoms with Gasteiger partial charge in [-0.15, -0.1) is 0 Å². The van der Waals surface area contributed by atoms with Gasteiger partial charge >= 0.3 is 0 Å². The van der Waals surface area contributed by atoms with Gasteiger partial charge in [-0.05, 0) is 36.0 Å². The van der Waals surface area contributed by atoms with E-state index >= 15 is 0 Å². The van der Waals surface area contributed by atoms with Crippen molar-refractivity contribution in [1.29, 1.82) is 0 Å². The van der Waals surface area contributed by atoms with Crippen molar-refractivity contribution in [3.63, 3.8) is 0 Å². The van der Waals surface area contributed by atoms with Crippen LogP contribution in [0.1, 0.15) is 50.9 Å². The van der Waals surface area contributed by atoms with Crippen LogP contribution in [0, 0.1) is 0 Å². The predicted octanol–water partition coefficient (Wildman–Crippen LogP) is 5.10. The fourth-order valence-corrected chi connectivity index (χ4v) is 2.32. The Hall–Kier alpha value is -1.61. The third kappa shape index (κ3) is 3.53. The molecule has 0 bridgehead atoms. The maximum absolute atomic E-state index is 6.06. The second-order valence-electron chi connectivity index (χ2n) is 6.54. The number of hydrogen-bond donors (Lipinski definition) is 0. The molecule has 3 nitrogen and oxygen atoms in total. The molecule has 1 heterocycles. The van der Waals surface area contributed by atoms with Crippen LogP contribution in [0.4, 0.5) is 0 Å². The number of ether oxygens (including phenoxy) is 1. The van der Waals surface area contributed by atoms with Crippen LogP contribution >= 0.6 is 11.6 Å². The fourth-order valence-electron chi connectivity index (χ4n) is 2.14. The van der Waals surface area contributed by atoms with Gasteiger partial charge in [-0.3, -0.25) is 0 Å². The van der Waals surface area contributed by atoms with Gasteiger partial charge in [0.05, 0.1) is 0 Å². The van der Waals surface area contributed by atoms with Crippen LogP contribution < -0.4 is 4.74 Å². The van der Waals surface area contributed by atoms with E-state index in [9.17, 15) is 0 Å². The fraction of sp³-hybridized carbons (Fsp3) is 0.412. The van der Waals surface area contributed by atoms with Gasteiger partial charge in [-0.25, -0.2) is 4.98 Å². The highest BCUT2D eigenvalue weighted by Crippen LogP contribution is 2.39. The average Bonchev–Trinajstić information content (AvgIpc) is 3.21. The lowest BCUT2D eigenvalue weighted by molar-refractivity contribution is 0.455. The molecule has 110 valence electrons. The summed E-state index contributed by atoms with van der Waals surface area (Å²) < 4.78 is 5.88. The van der Waals surface area contributed by atoms with Gasteiger partial charge < -0.3 is 4.74 Å². The van der Waals surface area contributed by atoms with Crippen LogP contribution in [0.15, 0.2) is 30.3 Å². The highest BCUT2D eigenvalue weighted by atomic mass is 35.5. The standard InChI is InChI=1S/C17H19ClN2O/c1-17(2,3)12-5-4-6-13(9-12)21-15-10-14(18)19-16(20-15)11-7-8-11/h4-6,9-11H,7-8H2,1-3H3. The van der Waals surface area contributed by atoms with E-state index in [0.717, 1.165) is 24.4 Å². The number of benzene rings is 1. The molecule has 21 heavy (non-hydrogen) atoms. The molecule has 0 atom stereocenters. The number of nitrogens with zero attached hydrogens (tertiary/aromatic N) is 2. The predicted molar refractivity (Wildman–Crippen MR) is 84.2 cm³/mol. The van der Waals surface area contributed by atoms with Crippen molar-refractivity contribution in [3.05, 3.63) is 46.9 Å². The van der Waals surface area contributed by atoms with E-state index in [1.807, 2.05) is 18.2 Å². The molecule has 3 rings (SSSR count). The lowest BCUT2D eigenvalue weighted by Crippen LogP contribution is -2.10. The molecule has 0 unspecified atom stereocenters. The molecule has 0 radical (unpaired) electrons. The summed E-state index contributed by atoms with van der Waals surface area (Å²) in [5.74, 6) is 2.54. The molecule has 1 fully saturated rings. The molecule has 1 aromatic heterocycles. The molecule has 0 amide bonds. The minimum atomic E-state index is 0.0852. The Morgan fingerprint density at radius 2 is 1.90 bits per heavy atom. The van der Waals surface area contributed by atoms with Gasteiger partial charge in [0.15, 0.2) is 0 Å². The molecule has 1 aromatic carbocycles. The molecule has 0 aliphatic heterocycles. The topological polar surface area (TPSA) is 35.0 Å². The van der Waals surface area contributed by atoms with Crippen LogP contribution in [0.25, 0.3) is 0 Å². The van der Waals surface area contributed by atoms with Crippen molar-refractivity contribution in [2.45, 2.75) is 44.9 Å². The Balaban J connectivity index is 1.86. The first-order chi connectivity index (χ1) is 9.91. The molecule has 2 aromatic rings. The second-order valence-corrected chi connectivity index (χ2v) is 6.93. The Kier molecular flexibility index (Phi) is 3.62. The summed E-state index contributed by atoms with van der Waals surface area (Å²) in [6.45, 7) is 6.54. The van der Waals surface area contributed by atoms with Crippen molar-refractivity contribution in [2.75, 3.05) is 0 Å². The van der Waals surface area contributed by atoms with Crippen molar-refractivity contribution < 1.29 is 4.74 Å². The number of hydrogen-bond acceptors (Lipinski definition) is 3. The first kappa shape index (κ1) is 14.3.